The maximum Gasteiger partial charge on any atom is 0.283 e. The second-order valence-corrected chi connectivity index (χ2v) is 10.4. The highest BCUT2D eigenvalue weighted by Gasteiger charge is 2.33. The van der Waals surface area contributed by atoms with Crippen LogP contribution in [-0.4, -0.2) is 33.0 Å². The van der Waals surface area contributed by atoms with E-state index in [4.69, 9.17) is 10.1 Å². The number of para-hydroxylation sites is 2. The van der Waals surface area contributed by atoms with Crippen molar-refractivity contribution in [1.82, 2.24) is 9.47 Å². The fourth-order valence-electron chi connectivity index (χ4n) is 4.59. The van der Waals surface area contributed by atoms with E-state index in [0.29, 0.717) is 23.3 Å². The maximum atomic E-state index is 12.8. The average molecular weight is 499 g/mol. The van der Waals surface area contributed by atoms with E-state index in [1.165, 1.54) is 17.3 Å². The van der Waals surface area contributed by atoms with E-state index in [-0.39, 0.29) is 11.7 Å². The Balaban J connectivity index is 1.35. The first-order valence-corrected chi connectivity index (χ1v) is 13.2. The van der Waals surface area contributed by atoms with Crippen LogP contribution in [0.25, 0.3) is 17.0 Å². The fourth-order valence-corrected chi connectivity index (χ4v) is 5.41. The summed E-state index contributed by atoms with van der Waals surface area (Å²) in [4.78, 5) is 19.7. The number of ether oxygens (including phenoxy) is 1. The monoisotopic (exact) mass is 498 g/mol. The summed E-state index contributed by atoms with van der Waals surface area (Å²) in [7, 11) is 0. The SMILES string of the molecule is CC[C@H](C)c1ccccc1OCCCn1cc(/C=C2/C(=N)N3C=C(C)SC3=NC2=O)c2ccccc21. The van der Waals surface area contributed by atoms with Crippen LogP contribution < -0.4 is 4.74 Å². The molecule has 1 N–H and O–H groups in total. The normalized spacial score (nSPS) is 17.4. The predicted molar refractivity (Wildman–Crippen MR) is 149 cm³/mol. The van der Waals surface area contributed by atoms with E-state index in [9.17, 15) is 4.79 Å². The van der Waals surface area contributed by atoms with Crippen LogP contribution in [0.15, 0.2) is 76.4 Å². The summed E-state index contributed by atoms with van der Waals surface area (Å²) in [6.45, 7) is 7.78. The molecule has 0 fully saturated rings. The Hall–Kier alpha value is -3.58. The Bertz CT molecular complexity index is 1430. The zero-order chi connectivity index (χ0) is 25.2. The Kier molecular flexibility index (Phi) is 6.83. The van der Waals surface area contributed by atoms with Crippen LogP contribution in [0.3, 0.4) is 0 Å². The number of nitrogens with zero attached hydrogens (tertiary/aromatic N) is 3. The molecule has 0 radical (unpaired) electrons. The minimum absolute atomic E-state index is 0.166. The lowest BCUT2D eigenvalue weighted by atomic mass is 9.98. The lowest BCUT2D eigenvalue weighted by Gasteiger charge is -2.22. The van der Waals surface area contributed by atoms with Crippen molar-refractivity contribution in [3.63, 3.8) is 0 Å². The van der Waals surface area contributed by atoms with Crippen LogP contribution in [0.5, 0.6) is 5.75 Å². The molecule has 0 bridgehead atoms. The minimum Gasteiger partial charge on any atom is -0.493 e. The molecule has 2 aromatic carbocycles. The van der Waals surface area contributed by atoms with Crippen LogP contribution in [0.1, 0.15) is 50.7 Å². The summed E-state index contributed by atoms with van der Waals surface area (Å²) in [5.41, 5.74) is 3.56. The molecule has 36 heavy (non-hydrogen) atoms. The van der Waals surface area contributed by atoms with Crippen molar-refractivity contribution < 1.29 is 9.53 Å². The quantitative estimate of drug-likeness (QED) is 0.274. The molecular weight excluding hydrogens is 468 g/mol. The molecule has 2 aliphatic rings. The van der Waals surface area contributed by atoms with Crippen LogP contribution in [0, 0.1) is 5.41 Å². The molecule has 0 unspecified atom stereocenters. The van der Waals surface area contributed by atoms with E-state index < -0.39 is 0 Å². The Morgan fingerprint density at radius 2 is 1.94 bits per heavy atom. The number of fused-ring (bicyclic) bond motifs is 2. The van der Waals surface area contributed by atoms with E-state index in [2.05, 4.69) is 59.9 Å². The third kappa shape index (κ3) is 4.63. The summed E-state index contributed by atoms with van der Waals surface area (Å²) in [5, 5.41) is 10.2. The molecule has 7 heteroatoms. The summed E-state index contributed by atoms with van der Waals surface area (Å²) in [6, 6.07) is 16.5. The molecule has 2 aliphatic heterocycles. The van der Waals surface area contributed by atoms with E-state index >= 15 is 0 Å². The smallest absolute Gasteiger partial charge is 0.283 e. The molecule has 0 saturated heterocycles. The molecule has 6 nitrogen and oxygen atoms in total. The first-order chi connectivity index (χ1) is 17.5. The van der Waals surface area contributed by atoms with Crippen LogP contribution in [-0.2, 0) is 11.3 Å². The predicted octanol–water partition coefficient (Wildman–Crippen LogP) is 6.79. The summed E-state index contributed by atoms with van der Waals surface area (Å²) < 4.78 is 8.37. The highest BCUT2D eigenvalue weighted by atomic mass is 32.2. The van der Waals surface area contributed by atoms with Crippen LogP contribution >= 0.6 is 11.8 Å². The van der Waals surface area contributed by atoms with Crippen molar-refractivity contribution in [2.75, 3.05) is 6.61 Å². The van der Waals surface area contributed by atoms with Gasteiger partial charge in [0.05, 0.1) is 12.2 Å². The number of aryl methyl sites for hydroxylation is 1. The zero-order valence-corrected chi connectivity index (χ0v) is 21.6. The van der Waals surface area contributed by atoms with Gasteiger partial charge < -0.3 is 9.30 Å². The molecule has 3 heterocycles. The number of benzene rings is 2. The zero-order valence-electron chi connectivity index (χ0n) is 20.8. The number of allylic oxidation sites excluding steroid dienone is 1. The van der Waals surface area contributed by atoms with Crippen molar-refractivity contribution in [2.45, 2.75) is 46.1 Å². The van der Waals surface area contributed by atoms with Gasteiger partial charge in [0.1, 0.15) is 11.6 Å². The molecule has 1 atom stereocenters. The Morgan fingerprint density at radius 3 is 2.78 bits per heavy atom. The third-order valence-electron chi connectivity index (χ3n) is 6.68. The molecule has 3 aromatic rings. The second kappa shape index (κ2) is 10.2. The topological polar surface area (TPSA) is 70.7 Å². The molecule has 0 aliphatic carbocycles. The number of amides is 1. The maximum absolute atomic E-state index is 12.8. The van der Waals surface area contributed by atoms with Gasteiger partial charge in [0.25, 0.3) is 5.91 Å². The van der Waals surface area contributed by atoms with Gasteiger partial charge in [-0.3, -0.25) is 15.1 Å². The highest BCUT2D eigenvalue weighted by Crippen LogP contribution is 2.33. The first-order valence-electron chi connectivity index (χ1n) is 12.3. The molecule has 1 amide bonds. The summed E-state index contributed by atoms with van der Waals surface area (Å²) >= 11 is 1.42. The number of rotatable bonds is 8. The Morgan fingerprint density at radius 1 is 1.17 bits per heavy atom. The standard InChI is InChI=1S/C29H30N4O2S/c1-4-19(2)22-10-6-8-13-26(22)35-15-9-14-32-18-21(23-11-5-7-12-25(23)32)16-24-27(30)33-17-20(3)36-29(33)31-28(24)34/h5-8,10-13,16-19,30H,4,9,14-15H2,1-3H3/b24-16-,30-27?/t19-/m0/s1. The van der Waals surface area contributed by atoms with Gasteiger partial charge in [0.2, 0.25) is 0 Å². The minimum atomic E-state index is -0.368. The summed E-state index contributed by atoms with van der Waals surface area (Å²) in [6.07, 6.45) is 7.64. The molecule has 0 saturated carbocycles. The Labute approximate surface area is 215 Å². The van der Waals surface area contributed by atoms with Crippen molar-refractivity contribution in [3.05, 3.63) is 82.5 Å². The number of carbonyl (C=O) groups excluding carboxylic acids is 1. The van der Waals surface area contributed by atoms with Gasteiger partial charge in [-0.25, -0.2) is 0 Å². The third-order valence-corrected chi connectivity index (χ3v) is 7.57. The molecule has 0 spiro atoms. The van der Waals surface area contributed by atoms with E-state index in [0.717, 1.165) is 46.5 Å². The highest BCUT2D eigenvalue weighted by molar-refractivity contribution is 8.17. The van der Waals surface area contributed by atoms with Crippen molar-refractivity contribution in [2.24, 2.45) is 4.99 Å². The van der Waals surface area contributed by atoms with Gasteiger partial charge in [0, 0.05) is 40.3 Å². The number of carbonyl (C=O) groups is 1. The molecule has 5 rings (SSSR count). The van der Waals surface area contributed by atoms with Crippen LogP contribution in [0.2, 0.25) is 0 Å². The number of nitrogens with one attached hydrogen (secondary N) is 1. The number of thioether (sulfide) groups is 1. The molecule has 184 valence electrons. The van der Waals surface area contributed by atoms with E-state index in [1.54, 1.807) is 11.0 Å². The number of amidine groups is 2. The van der Waals surface area contributed by atoms with Crippen molar-refractivity contribution in [1.29, 1.82) is 5.41 Å². The first kappa shape index (κ1) is 24.1. The largest absolute Gasteiger partial charge is 0.493 e. The van der Waals surface area contributed by atoms with Gasteiger partial charge in [-0.1, -0.05) is 62.0 Å². The molecule has 1 aromatic heterocycles. The average Bonchev–Trinajstić information content (AvgIpc) is 3.44. The van der Waals surface area contributed by atoms with Gasteiger partial charge >= 0.3 is 0 Å². The number of hydrogen-bond donors (Lipinski definition) is 1. The number of aliphatic imine (C=N–C) groups is 1. The molecular formula is C29H30N4O2S. The summed E-state index contributed by atoms with van der Waals surface area (Å²) in [5.74, 6) is 1.23. The van der Waals surface area contributed by atoms with Crippen molar-refractivity contribution >= 4 is 45.7 Å². The lowest BCUT2D eigenvalue weighted by molar-refractivity contribution is -0.114. The van der Waals surface area contributed by atoms with E-state index in [1.807, 2.05) is 31.3 Å². The van der Waals surface area contributed by atoms with Gasteiger partial charge in [-0.2, -0.15) is 4.99 Å². The fraction of sp³-hybridized carbons (Fsp3) is 0.276. The number of hydrogen-bond acceptors (Lipinski definition) is 4. The van der Waals surface area contributed by atoms with Gasteiger partial charge in [0.15, 0.2) is 5.17 Å². The van der Waals surface area contributed by atoms with Crippen molar-refractivity contribution in [3.8, 4) is 5.75 Å². The van der Waals surface area contributed by atoms with Gasteiger partial charge in [-0.05, 0) is 49.5 Å². The second-order valence-electron chi connectivity index (χ2n) is 9.16. The van der Waals surface area contributed by atoms with Gasteiger partial charge in [-0.15, -0.1) is 0 Å². The number of aromatic nitrogens is 1. The van der Waals surface area contributed by atoms with Crippen LogP contribution in [0.4, 0.5) is 0 Å². The lowest BCUT2D eigenvalue weighted by Crippen LogP contribution is -2.35.